The van der Waals surface area contributed by atoms with Crippen LogP contribution in [0.3, 0.4) is 0 Å². The molecule has 1 heterocycles. The van der Waals surface area contributed by atoms with Gasteiger partial charge in [-0.3, -0.25) is 0 Å². The van der Waals surface area contributed by atoms with E-state index >= 15 is 0 Å². The molecule has 0 radical (unpaired) electrons. The first kappa shape index (κ1) is 10.7. The number of hydrogen-bond acceptors (Lipinski definition) is 1. The molecule has 1 aliphatic heterocycles. The largest absolute Gasteiger partial charge is 0.323 e. The van der Waals surface area contributed by atoms with Crippen LogP contribution in [0.4, 0.5) is 4.79 Å². The van der Waals surface area contributed by atoms with Crippen molar-refractivity contribution in [3.05, 3.63) is 47.7 Å². The lowest BCUT2D eigenvalue weighted by Crippen LogP contribution is -2.36. The number of urea groups is 1. The Bertz CT molecular complexity index is 453. The summed E-state index contributed by atoms with van der Waals surface area (Å²) in [5.41, 5.74) is 2.52. The number of rotatable bonds is 2. The molecule has 1 aromatic rings. The molecule has 2 amide bonds. The Labute approximate surface area is 95.6 Å². The van der Waals surface area contributed by atoms with Crippen molar-refractivity contribution in [3.63, 3.8) is 0 Å². The van der Waals surface area contributed by atoms with Gasteiger partial charge in [0.15, 0.2) is 0 Å². The first-order chi connectivity index (χ1) is 7.56. The highest BCUT2D eigenvalue weighted by Crippen LogP contribution is 2.30. The maximum absolute atomic E-state index is 11.3. The summed E-state index contributed by atoms with van der Waals surface area (Å²) in [5.74, 6) is 0. The van der Waals surface area contributed by atoms with Crippen molar-refractivity contribution in [1.29, 1.82) is 0 Å². The fourth-order valence-electron chi connectivity index (χ4n) is 1.94. The summed E-state index contributed by atoms with van der Waals surface area (Å²) in [6.45, 7) is 7.97. The van der Waals surface area contributed by atoms with Gasteiger partial charge in [0.25, 0.3) is 0 Å². The van der Waals surface area contributed by atoms with E-state index in [-0.39, 0.29) is 6.03 Å². The number of benzene rings is 1. The predicted molar refractivity (Wildman–Crippen MR) is 64.0 cm³/mol. The fraction of sp³-hybridized carbons (Fsp3) is 0.308. The van der Waals surface area contributed by atoms with E-state index in [0.717, 1.165) is 12.0 Å². The molecule has 0 spiro atoms. The third kappa shape index (κ3) is 1.58. The Balaban J connectivity index is 2.43. The lowest BCUT2D eigenvalue weighted by molar-refractivity contribution is 0.245. The third-order valence-electron chi connectivity index (χ3n) is 3.14. The van der Waals surface area contributed by atoms with Gasteiger partial charge in [-0.1, -0.05) is 37.8 Å². The molecule has 1 unspecified atom stereocenters. The van der Waals surface area contributed by atoms with Crippen molar-refractivity contribution < 1.29 is 4.79 Å². The molecule has 1 fully saturated rings. The van der Waals surface area contributed by atoms with Crippen LogP contribution in [0.25, 0.3) is 0 Å². The van der Waals surface area contributed by atoms with Gasteiger partial charge < -0.3 is 10.6 Å². The molecule has 3 heteroatoms. The van der Waals surface area contributed by atoms with E-state index in [1.807, 2.05) is 19.1 Å². The van der Waals surface area contributed by atoms with E-state index in [1.165, 1.54) is 5.56 Å². The molecular formula is C13H16N2O. The van der Waals surface area contributed by atoms with Gasteiger partial charge in [0, 0.05) is 5.70 Å². The van der Waals surface area contributed by atoms with Gasteiger partial charge in [0.1, 0.15) is 5.54 Å². The summed E-state index contributed by atoms with van der Waals surface area (Å²) in [4.78, 5) is 11.3. The van der Waals surface area contributed by atoms with Crippen LogP contribution in [0, 0.1) is 0 Å². The van der Waals surface area contributed by atoms with Crippen LogP contribution >= 0.6 is 0 Å². The van der Waals surface area contributed by atoms with Crippen molar-refractivity contribution in [2.75, 3.05) is 0 Å². The zero-order valence-electron chi connectivity index (χ0n) is 9.63. The SMILES string of the molecule is C=C1NC(=O)NC1(C)c1cccc(CC)c1. The minimum atomic E-state index is -0.498. The summed E-state index contributed by atoms with van der Waals surface area (Å²) in [7, 11) is 0. The quantitative estimate of drug-likeness (QED) is 0.782. The number of aryl methyl sites for hydroxylation is 1. The van der Waals surface area contributed by atoms with E-state index < -0.39 is 5.54 Å². The van der Waals surface area contributed by atoms with E-state index in [1.54, 1.807) is 0 Å². The van der Waals surface area contributed by atoms with Crippen molar-refractivity contribution in [2.24, 2.45) is 0 Å². The summed E-state index contributed by atoms with van der Waals surface area (Å²) in [6, 6.07) is 8.03. The van der Waals surface area contributed by atoms with E-state index in [2.05, 4.69) is 36.3 Å². The molecule has 3 nitrogen and oxygen atoms in total. The van der Waals surface area contributed by atoms with Crippen LogP contribution in [0.1, 0.15) is 25.0 Å². The van der Waals surface area contributed by atoms with Crippen LogP contribution in [0.15, 0.2) is 36.5 Å². The molecule has 1 aliphatic rings. The summed E-state index contributed by atoms with van der Waals surface area (Å²) >= 11 is 0. The predicted octanol–water partition coefficient (Wildman–Crippen LogP) is 2.29. The van der Waals surface area contributed by atoms with Gasteiger partial charge in [-0.05, 0) is 24.5 Å². The number of carbonyl (C=O) groups excluding carboxylic acids is 1. The number of carbonyl (C=O) groups is 1. The second-order valence-corrected chi connectivity index (χ2v) is 4.24. The molecule has 1 aromatic carbocycles. The molecule has 0 bridgehead atoms. The van der Waals surface area contributed by atoms with Crippen LogP contribution in [-0.4, -0.2) is 6.03 Å². The topological polar surface area (TPSA) is 41.1 Å². The monoisotopic (exact) mass is 216 g/mol. The lowest BCUT2D eigenvalue weighted by Gasteiger charge is -2.25. The summed E-state index contributed by atoms with van der Waals surface area (Å²) in [5, 5.41) is 5.60. The zero-order chi connectivity index (χ0) is 11.8. The smallest absolute Gasteiger partial charge is 0.320 e. The molecule has 1 atom stereocenters. The molecule has 2 N–H and O–H groups in total. The van der Waals surface area contributed by atoms with E-state index in [0.29, 0.717) is 5.70 Å². The van der Waals surface area contributed by atoms with Gasteiger partial charge >= 0.3 is 6.03 Å². The molecular weight excluding hydrogens is 200 g/mol. The Morgan fingerprint density at radius 2 is 2.19 bits per heavy atom. The Morgan fingerprint density at radius 1 is 1.44 bits per heavy atom. The van der Waals surface area contributed by atoms with Crippen molar-refractivity contribution in [3.8, 4) is 0 Å². The first-order valence-electron chi connectivity index (χ1n) is 5.44. The second-order valence-electron chi connectivity index (χ2n) is 4.24. The van der Waals surface area contributed by atoms with Crippen molar-refractivity contribution in [2.45, 2.75) is 25.8 Å². The van der Waals surface area contributed by atoms with Gasteiger partial charge in [-0.2, -0.15) is 0 Å². The summed E-state index contributed by atoms with van der Waals surface area (Å²) in [6.07, 6.45) is 0.984. The van der Waals surface area contributed by atoms with E-state index in [9.17, 15) is 4.79 Å². The van der Waals surface area contributed by atoms with Gasteiger partial charge in [-0.15, -0.1) is 0 Å². The maximum atomic E-state index is 11.3. The van der Waals surface area contributed by atoms with Crippen molar-refractivity contribution in [1.82, 2.24) is 10.6 Å². The Morgan fingerprint density at radius 3 is 2.75 bits per heavy atom. The Hall–Kier alpha value is -1.77. The van der Waals surface area contributed by atoms with Crippen LogP contribution in [0.5, 0.6) is 0 Å². The second kappa shape index (κ2) is 3.67. The third-order valence-corrected chi connectivity index (χ3v) is 3.14. The fourth-order valence-corrected chi connectivity index (χ4v) is 1.94. The van der Waals surface area contributed by atoms with Gasteiger partial charge in [0.2, 0.25) is 0 Å². The molecule has 2 rings (SSSR count). The number of hydrogen-bond donors (Lipinski definition) is 2. The lowest BCUT2D eigenvalue weighted by atomic mass is 9.89. The highest BCUT2D eigenvalue weighted by atomic mass is 16.2. The van der Waals surface area contributed by atoms with Crippen LogP contribution in [0.2, 0.25) is 0 Å². The summed E-state index contributed by atoms with van der Waals surface area (Å²) < 4.78 is 0. The van der Waals surface area contributed by atoms with Crippen LogP contribution < -0.4 is 10.6 Å². The average Bonchev–Trinajstić information content (AvgIpc) is 2.54. The molecule has 1 saturated heterocycles. The zero-order valence-corrected chi connectivity index (χ0v) is 9.63. The van der Waals surface area contributed by atoms with Gasteiger partial charge in [-0.25, -0.2) is 4.79 Å². The number of amides is 2. The normalized spacial score (nSPS) is 24.1. The van der Waals surface area contributed by atoms with Gasteiger partial charge in [0.05, 0.1) is 0 Å². The standard InChI is InChI=1S/C13H16N2O/c1-4-10-6-5-7-11(8-10)13(3)9(2)14-12(16)15-13/h5-8H,2,4H2,1,3H3,(H2,14,15,16). The minimum absolute atomic E-state index is 0.186. The number of nitrogens with one attached hydrogen (secondary N) is 2. The first-order valence-corrected chi connectivity index (χ1v) is 5.44. The maximum Gasteiger partial charge on any atom is 0.320 e. The van der Waals surface area contributed by atoms with E-state index in [4.69, 9.17) is 0 Å². The molecule has 0 aromatic heterocycles. The molecule has 0 saturated carbocycles. The molecule has 0 aliphatic carbocycles. The highest BCUT2D eigenvalue weighted by Gasteiger charge is 2.38. The molecule has 84 valence electrons. The molecule has 16 heavy (non-hydrogen) atoms. The Kier molecular flexibility index (Phi) is 2.46. The highest BCUT2D eigenvalue weighted by molar-refractivity contribution is 5.82. The average molecular weight is 216 g/mol. The van der Waals surface area contributed by atoms with Crippen molar-refractivity contribution >= 4 is 6.03 Å². The van der Waals surface area contributed by atoms with Crippen LogP contribution in [-0.2, 0) is 12.0 Å². The minimum Gasteiger partial charge on any atom is -0.323 e.